The average molecular weight is 198 g/mol. The second kappa shape index (κ2) is 3.22. The maximum Gasteiger partial charge on any atom is 0.242 e. The third kappa shape index (κ3) is 2.35. The van der Waals surface area contributed by atoms with Crippen LogP contribution in [0.3, 0.4) is 0 Å². The molecule has 0 fully saturated rings. The molecule has 0 aliphatic carbocycles. The smallest absolute Gasteiger partial charge is 0.242 e. The van der Waals surface area contributed by atoms with E-state index in [0.29, 0.717) is 0 Å². The summed E-state index contributed by atoms with van der Waals surface area (Å²) in [5.74, 6) is 1.17. The van der Waals surface area contributed by atoms with Gasteiger partial charge in [-0.25, -0.2) is 0 Å². The lowest BCUT2D eigenvalue weighted by atomic mass is 10.5. The van der Waals surface area contributed by atoms with Crippen LogP contribution in [-0.2, 0) is 4.43 Å². The first kappa shape index (κ1) is 9.80. The topological polar surface area (TPSA) is 9.23 Å². The van der Waals surface area contributed by atoms with Crippen LogP contribution in [0, 0.1) is 0 Å². The molecule has 0 aromatic carbocycles. The van der Waals surface area contributed by atoms with Crippen LogP contribution >= 0.6 is 0 Å². The van der Waals surface area contributed by atoms with Crippen molar-refractivity contribution in [2.45, 2.75) is 33.1 Å². The Hall–Kier alpha value is -0.286. The fourth-order valence-corrected chi connectivity index (χ4v) is 3.54. The number of hydrogen-bond acceptors (Lipinski definition) is 1. The lowest BCUT2D eigenvalue weighted by Gasteiger charge is -2.20. The standard InChI is InChI=1S/C9H18OSi2/c1-8-9(6-7-11(8)2)10-12(3,4)5/h6-7,11H,1-5H3. The summed E-state index contributed by atoms with van der Waals surface area (Å²) in [5, 5.41) is 1.51. The number of rotatable bonds is 2. The summed E-state index contributed by atoms with van der Waals surface area (Å²) in [6.07, 6.45) is 2.17. The SMILES string of the molecule is CC1=C(O[Si](C)(C)C)C=C[SiH]1C. The normalized spacial score (nSPS) is 23.6. The third-order valence-electron chi connectivity index (χ3n) is 2.02. The molecule has 68 valence electrons. The van der Waals surface area contributed by atoms with Gasteiger partial charge in [0.05, 0.1) is 14.6 Å². The van der Waals surface area contributed by atoms with Gasteiger partial charge in [-0.05, 0) is 37.8 Å². The maximum atomic E-state index is 5.95. The molecular formula is C9H18OSi2. The van der Waals surface area contributed by atoms with Gasteiger partial charge < -0.3 is 4.43 Å². The first-order valence-corrected chi connectivity index (χ1v) is 10.3. The zero-order valence-corrected chi connectivity index (χ0v) is 10.8. The molecule has 0 amide bonds. The van der Waals surface area contributed by atoms with Gasteiger partial charge in [0.2, 0.25) is 8.32 Å². The minimum absolute atomic E-state index is 0.695. The van der Waals surface area contributed by atoms with Crippen molar-refractivity contribution in [3.8, 4) is 0 Å². The summed E-state index contributed by atoms with van der Waals surface area (Å²) >= 11 is 0. The van der Waals surface area contributed by atoms with Crippen LogP contribution in [0.25, 0.3) is 0 Å². The molecule has 12 heavy (non-hydrogen) atoms. The summed E-state index contributed by atoms with van der Waals surface area (Å²) in [6, 6.07) is 0. The van der Waals surface area contributed by atoms with Crippen LogP contribution in [0.15, 0.2) is 22.7 Å². The van der Waals surface area contributed by atoms with Gasteiger partial charge in [-0.2, -0.15) is 0 Å². The van der Waals surface area contributed by atoms with Crippen LogP contribution in [0.5, 0.6) is 0 Å². The first-order valence-electron chi connectivity index (χ1n) is 4.48. The lowest BCUT2D eigenvalue weighted by Crippen LogP contribution is -2.24. The Morgan fingerprint density at radius 3 is 2.25 bits per heavy atom. The molecule has 0 spiro atoms. The molecule has 1 unspecified atom stereocenters. The monoisotopic (exact) mass is 198 g/mol. The zero-order chi connectivity index (χ0) is 9.35. The molecule has 0 radical (unpaired) electrons. The third-order valence-corrected chi connectivity index (χ3v) is 5.28. The Kier molecular flexibility index (Phi) is 2.63. The van der Waals surface area contributed by atoms with Crippen LogP contribution in [0.4, 0.5) is 0 Å². The second-order valence-corrected chi connectivity index (χ2v) is 11.7. The first-order chi connectivity index (χ1) is 5.40. The van der Waals surface area contributed by atoms with Gasteiger partial charge in [0.1, 0.15) is 0 Å². The average Bonchev–Trinajstić information content (AvgIpc) is 2.16. The highest BCUT2D eigenvalue weighted by Crippen LogP contribution is 2.22. The van der Waals surface area contributed by atoms with Gasteiger partial charge in [-0.1, -0.05) is 12.2 Å². The van der Waals surface area contributed by atoms with E-state index >= 15 is 0 Å². The van der Waals surface area contributed by atoms with Crippen molar-refractivity contribution in [3.05, 3.63) is 22.7 Å². The minimum Gasteiger partial charge on any atom is -0.545 e. The van der Waals surface area contributed by atoms with E-state index in [-0.39, 0.29) is 0 Å². The molecule has 1 aliphatic heterocycles. The largest absolute Gasteiger partial charge is 0.545 e. The van der Waals surface area contributed by atoms with Crippen molar-refractivity contribution in [2.75, 3.05) is 0 Å². The van der Waals surface area contributed by atoms with Crippen LogP contribution in [-0.4, -0.2) is 17.1 Å². The summed E-state index contributed by atoms with van der Waals surface area (Å²) in [7, 11) is -2.08. The van der Waals surface area contributed by atoms with Crippen LogP contribution in [0.1, 0.15) is 6.92 Å². The summed E-state index contributed by atoms with van der Waals surface area (Å²) in [6.45, 7) is 11.2. The summed E-state index contributed by atoms with van der Waals surface area (Å²) in [4.78, 5) is 0. The molecule has 1 aliphatic rings. The van der Waals surface area contributed by atoms with Gasteiger partial charge in [0, 0.05) is 0 Å². The molecule has 0 saturated heterocycles. The van der Waals surface area contributed by atoms with Crippen molar-refractivity contribution in [3.63, 3.8) is 0 Å². The molecular weight excluding hydrogens is 180 g/mol. The fourth-order valence-electron chi connectivity index (χ4n) is 1.18. The van der Waals surface area contributed by atoms with E-state index in [1.54, 1.807) is 0 Å². The van der Waals surface area contributed by atoms with Gasteiger partial charge in [-0.3, -0.25) is 0 Å². The van der Waals surface area contributed by atoms with Crippen molar-refractivity contribution >= 4 is 17.1 Å². The van der Waals surface area contributed by atoms with E-state index in [1.807, 2.05) is 0 Å². The molecule has 0 bridgehead atoms. The van der Waals surface area contributed by atoms with E-state index in [4.69, 9.17) is 4.43 Å². The van der Waals surface area contributed by atoms with Crippen molar-refractivity contribution in [1.82, 2.24) is 0 Å². The summed E-state index contributed by atoms with van der Waals surface area (Å²) in [5.41, 5.74) is 2.34. The van der Waals surface area contributed by atoms with E-state index in [2.05, 4.69) is 44.9 Å². The molecule has 0 saturated carbocycles. The molecule has 0 aromatic heterocycles. The molecule has 1 nitrogen and oxygen atoms in total. The van der Waals surface area contributed by atoms with E-state index in [9.17, 15) is 0 Å². The van der Waals surface area contributed by atoms with Crippen LogP contribution in [0.2, 0.25) is 26.2 Å². The van der Waals surface area contributed by atoms with Gasteiger partial charge in [0.25, 0.3) is 0 Å². The van der Waals surface area contributed by atoms with Crippen molar-refractivity contribution in [2.24, 2.45) is 0 Å². The molecule has 0 N–H and O–H groups in total. The highest BCUT2D eigenvalue weighted by molar-refractivity contribution is 6.72. The van der Waals surface area contributed by atoms with E-state index in [1.165, 1.54) is 11.0 Å². The van der Waals surface area contributed by atoms with Gasteiger partial charge in [0.15, 0.2) is 0 Å². The molecule has 1 atom stereocenters. The molecule has 3 heteroatoms. The highest BCUT2D eigenvalue weighted by Gasteiger charge is 2.21. The predicted octanol–water partition coefficient (Wildman–Crippen LogP) is 2.62. The fraction of sp³-hybridized carbons (Fsp3) is 0.556. The minimum atomic E-state index is -1.38. The van der Waals surface area contributed by atoms with Gasteiger partial charge in [-0.15, -0.1) is 0 Å². The van der Waals surface area contributed by atoms with Crippen LogP contribution < -0.4 is 0 Å². The summed E-state index contributed by atoms with van der Waals surface area (Å²) < 4.78 is 5.95. The van der Waals surface area contributed by atoms with Crippen molar-refractivity contribution < 1.29 is 4.43 Å². The second-order valence-electron chi connectivity index (χ2n) is 4.41. The Labute approximate surface area is 77.9 Å². The molecule has 1 rings (SSSR count). The zero-order valence-electron chi connectivity index (χ0n) is 8.64. The highest BCUT2D eigenvalue weighted by atomic mass is 28.4. The van der Waals surface area contributed by atoms with Crippen molar-refractivity contribution in [1.29, 1.82) is 0 Å². The molecule has 0 aromatic rings. The Balaban J connectivity index is 2.72. The van der Waals surface area contributed by atoms with E-state index < -0.39 is 17.1 Å². The predicted molar refractivity (Wildman–Crippen MR) is 59.3 cm³/mol. The quantitative estimate of drug-likeness (QED) is 0.620. The van der Waals surface area contributed by atoms with Gasteiger partial charge >= 0.3 is 0 Å². The Morgan fingerprint density at radius 2 is 1.92 bits per heavy atom. The lowest BCUT2D eigenvalue weighted by molar-refractivity contribution is 0.439. The Bertz CT molecular complexity index is 235. The maximum absolute atomic E-state index is 5.95. The Morgan fingerprint density at radius 1 is 1.33 bits per heavy atom. The van der Waals surface area contributed by atoms with E-state index in [0.717, 1.165) is 0 Å². The molecule has 1 heterocycles. The number of allylic oxidation sites excluding steroid dienone is 2. The number of hydrogen-bond donors (Lipinski definition) is 0.